The van der Waals surface area contributed by atoms with Crippen molar-refractivity contribution in [3.8, 4) is 0 Å². The molecule has 1 aliphatic carbocycles. The SMILES string of the molecule is Cc1cc(C)c(C(CN)NCCC2CCC2)cc1C. The Morgan fingerprint density at radius 1 is 1.16 bits per heavy atom. The maximum absolute atomic E-state index is 5.96. The average Bonchev–Trinajstić information content (AvgIpc) is 2.32. The first kappa shape index (κ1) is 14.5. The molecule has 0 aliphatic heterocycles. The van der Waals surface area contributed by atoms with Crippen molar-refractivity contribution in [2.45, 2.75) is 52.5 Å². The van der Waals surface area contributed by atoms with Gasteiger partial charge in [0.2, 0.25) is 0 Å². The van der Waals surface area contributed by atoms with Gasteiger partial charge in [-0.05, 0) is 61.9 Å². The van der Waals surface area contributed by atoms with Gasteiger partial charge in [-0.1, -0.05) is 31.4 Å². The monoisotopic (exact) mass is 260 g/mol. The van der Waals surface area contributed by atoms with Crippen LogP contribution in [-0.4, -0.2) is 13.1 Å². The van der Waals surface area contributed by atoms with E-state index in [0.29, 0.717) is 12.6 Å². The summed E-state index contributed by atoms with van der Waals surface area (Å²) in [7, 11) is 0. The maximum atomic E-state index is 5.96. The van der Waals surface area contributed by atoms with Crippen molar-refractivity contribution in [2.24, 2.45) is 11.7 Å². The van der Waals surface area contributed by atoms with Crippen molar-refractivity contribution in [3.63, 3.8) is 0 Å². The highest BCUT2D eigenvalue weighted by molar-refractivity contribution is 5.38. The summed E-state index contributed by atoms with van der Waals surface area (Å²) in [6.07, 6.45) is 5.59. The lowest BCUT2D eigenvalue weighted by Gasteiger charge is -2.27. The molecule has 1 aromatic rings. The molecule has 0 amide bonds. The molecule has 2 heteroatoms. The van der Waals surface area contributed by atoms with E-state index in [1.54, 1.807) is 0 Å². The van der Waals surface area contributed by atoms with Crippen molar-refractivity contribution in [1.82, 2.24) is 5.32 Å². The molecule has 0 radical (unpaired) electrons. The van der Waals surface area contributed by atoms with Gasteiger partial charge in [0.25, 0.3) is 0 Å². The largest absolute Gasteiger partial charge is 0.329 e. The van der Waals surface area contributed by atoms with Crippen LogP contribution in [0.5, 0.6) is 0 Å². The van der Waals surface area contributed by atoms with Crippen LogP contribution in [0.1, 0.15) is 54.0 Å². The smallest absolute Gasteiger partial charge is 0.0447 e. The Labute approximate surface area is 117 Å². The van der Waals surface area contributed by atoms with Gasteiger partial charge in [-0.3, -0.25) is 0 Å². The molecule has 1 atom stereocenters. The van der Waals surface area contributed by atoms with Crippen LogP contribution >= 0.6 is 0 Å². The van der Waals surface area contributed by atoms with E-state index < -0.39 is 0 Å². The van der Waals surface area contributed by atoms with Crippen molar-refractivity contribution in [1.29, 1.82) is 0 Å². The molecule has 0 aromatic heterocycles. The molecule has 0 heterocycles. The van der Waals surface area contributed by atoms with E-state index in [0.717, 1.165) is 12.5 Å². The summed E-state index contributed by atoms with van der Waals surface area (Å²) >= 11 is 0. The topological polar surface area (TPSA) is 38.0 Å². The summed E-state index contributed by atoms with van der Waals surface area (Å²) in [5.74, 6) is 0.965. The number of aryl methyl sites for hydroxylation is 3. The first-order chi connectivity index (χ1) is 9.11. The molecule has 106 valence electrons. The second-order valence-corrected chi connectivity index (χ2v) is 6.12. The second kappa shape index (κ2) is 6.53. The van der Waals surface area contributed by atoms with Crippen LogP contribution < -0.4 is 11.1 Å². The zero-order chi connectivity index (χ0) is 13.8. The van der Waals surface area contributed by atoms with E-state index in [1.807, 2.05) is 0 Å². The predicted molar refractivity (Wildman–Crippen MR) is 82.4 cm³/mol. The van der Waals surface area contributed by atoms with Crippen molar-refractivity contribution < 1.29 is 0 Å². The molecule has 1 aromatic carbocycles. The van der Waals surface area contributed by atoms with E-state index in [4.69, 9.17) is 5.73 Å². The average molecular weight is 260 g/mol. The summed E-state index contributed by atoms with van der Waals surface area (Å²) in [5, 5.41) is 3.65. The Morgan fingerprint density at radius 3 is 2.42 bits per heavy atom. The number of hydrogen-bond donors (Lipinski definition) is 2. The summed E-state index contributed by atoms with van der Waals surface area (Å²) in [6.45, 7) is 8.32. The highest BCUT2D eigenvalue weighted by Gasteiger charge is 2.18. The van der Waals surface area contributed by atoms with Gasteiger partial charge in [0, 0.05) is 12.6 Å². The number of benzene rings is 1. The number of nitrogens with two attached hydrogens (primary N) is 1. The minimum atomic E-state index is 0.305. The Morgan fingerprint density at radius 2 is 1.84 bits per heavy atom. The molecule has 0 bridgehead atoms. The third kappa shape index (κ3) is 3.58. The molecule has 1 aliphatic rings. The van der Waals surface area contributed by atoms with Crippen molar-refractivity contribution >= 4 is 0 Å². The molecule has 2 nitrogen and oxygen atoms in total. The Kier molecular flexibility index (Phi) is 5.00. The first-order valence-electron chi connectivity index (χ1n) is 7.63. The minimum absolute atomic E-state index is 0.305. The third-order valence-electron chi connectivity index (χ3n) is 4.66. The summed E-state index contributed by atoms with van der Waals surface area (Å²) < 4.78 is 0. The molecule has 19 heavy (non-hydrogen) atoms. The van der Waals surface area contributed by atoms with Gasteiger partial charge in [-0.15, -0.1) is 0 Å². The molecule has 1 unspecified atom stereocenters. The standard InChI is InChI=1S/C17H28N2/c1-12-9-14(3)16(10-13(12)2)17(11-18)19-8-7-15-5-4-6-15/h9-10,15,17,19H,4-8,11,18H2,1-3H3. The molecule has 2 rings (SSSR count). The molecule has 0 saturated heterocycles. The van der Waals surface area contributed by atoms with Crippen LogP contribution in [0, 0.1) is 26.7 Å². The molecule has 0 spiro atoms. The molecule has 3 N–H and O–H groups in total. The van der Waals surface area contributed by atoms with Crippen molar-refractivity contribution in [2.75, 3.05) is 13.1 Å². The molecular formula is C17H28N2. The van der Waals surface area contributed by atoms with Gasteiger partial charge in [0.05, 0.1) is 0 Å². The lowest BCUT2D eigenvalue weighted by atomic mass is 9.83. The summed E-state index contributed by atoms with van der Waals surface area (Å²) in [6, 6.07) is 4.89. The Balaban J connectivity index is 1.97. The van der Waals surface area contributed by atoms with Crippen molar-refractivity contribution in [3.05, 3.63) is 34.4 Å². The fourth-order valence-electron chi connectivity index (χ4n) is 2.92. The van der Waals surface area contributed by atoms with E-state index in [-0.39, 0.29) is 0 Å². The highest BCUT2D eigenvalue weighted by Crippen LogP contribution is 2.29. The lowest BCUT2D eigenvalue weighted by molar-refractivity contribution is 0.288. The number of rotatable bonds is 6. The lowest BCUT2D eigenvalue weighted by Crippen LogP contribution is -2.31. The van der Waals surface area contributed by atoms with Crippen LogP contribution in [0.4, 0.5) is 0 Å². The zero-order valence-electron chi connectivity index (χ0n) is 12.6. The van der Waals surface area contributed by atoms with Gasteiger partial charge >= 0.3 is 0 Å². The van der Waals surface area contributed by atoms with E-state index in [2.05, 4.69) is 38.2 Å². The van der Waals surface area contributed by atoms with E-state index >= 15 is 0 Å². The fourth-order valence-corrected chi connectivity index (χ4v) is 2.92. The van der Waals surface area contributed by atoms with E-state index in [1.165, 1.54) is 47.9 Å². The summed E-state index contributed by atoms with van der Waals surface area (Å²) in [4.78, 5) is 0. The number of nitrogens with one attached hydrogen (secondary N) is 1. The van der Waals surface area contributed by atoms with Crippen LogP contribution in [0.2, 0.25) is 0 Å². The molecular weight excluding hydrogens is 232 g/mol. The van der Waals surface area contributed by atoms with Crippen LogP contribution in [0.25, 0.3) is 0 Å². The number of hydrogen-bond acceptors (Lipinski definition) is 2. The first-order valence-corrected chi connectivity index (χ1v) is 7.63. The molecule has 1 fully saturated rings. The normalized spacial score (nSPS) is 17.3. The predicted octanol–water partition coefficient (Wildman–Crippen LogP) is 3.39. The Bertz CT molecular complexity index is 422. The van der Waals surface area contributed by atoms with Crippen LogP contribution in [-0.2, 0) is 0 Å². The Hall–Kier alpha value is -0.860. The van der Waals surface area contributed by atoms with Gasteiger partial charge in [0.1, 0.15) is 0 Å². The molecule has 1 saturated carbocycles. The second-order valence-electron chi connectivity index (χ2n) is 6.12. The highest BCUT2D eigenvalue weighted by atomic mass is 14.9. The maximum Gasteiger partial charge on any atom is 0.0447 e. The zero-order valence-corrected chi connectivity index (χ0v) is 12.6. The van der Waals surface area contributed by atoms with Gasteiger partial charge in [0.15, 0.2) is 0 Å². The van der Waals surface area contributed by atoms with Gasteiger partial charge in [-0.25, -0.2) is 0 Å². The van der Waals surface area contributed by atoms with Gasteiger partial charge in [-0.2, -0.15) is 0 Å². The van der Waals surface area contributed by atoms with Gasteiger partial charge < -0.3 is 11.1 Å². The van der Waals surface area contributed by atoms with Crippen LogP contribution in [0.3, 0.4) is 0 Å². The van der Waals surface area contributed by atoms with E-state index in [9.17, 15) is 0 Å². The van der Waals surface area contributed by atoms with Crippen LogP contribution in [0.15, 0.2) is 12.1 Å². The quantitative estimate of drug-likeness (QED) is 0.823. The fraction of sp³-hybridized carbons (Fsp3) is 0.647. The third-order valence-corrected chi connectivity index (χ3v) is 4.66. The minimum Gasteiger partial charge on any atom is -0.329 e. The summed E-state index contributed by atoms with van der Waals surface area (Å²) in [5.41, 5.74) is 11.4.